The molecule has 0 saturated carbocycles. The van der Waals surface area contributed by atoms with E-state index in [-0.39, 0.29) is 18.9 Å². The third-order valence-electron chi connectivity index (χ3n) is 0.217. The fourth-order valence-electron chi connectivity index (χ4n) is 0.0638. The van der Waals surface area contributed by atoms with Gasteiger partial charge >= 0.3 is 24.8 Å². The fraction of sp³-hybridized carbons (Fsp3) is 0. The quantitative estimate of drug-likeness (QED) is 0.262. The number of rotatable bonds is 1. The van der Waals surface area contributed by atoms with Gasteiger partial charge in [-0.1, -0.05) is 0 Å². The molecule has 0 aromatic carbocycles. The number of carboxylic acids is 1. The van der Waals surface area contributed by atoms with Crippen molar-refractivity contribution in [3.8, 4) is 0 Å². The molecule has 2 N–H and O–H groups in total. The van der Waals surface area contributed by atoms with Crippen molar-refractivity contribution in [2.24, 2.45) is 0 Å². The zero-order valence-corrected chi connectivity index (χ0v) is 2.96. The van der Waals surface area contributed by atoms with Crippen LogP contribution in [-0.2, 0) is 4.79 Å². The van der Waals surface area contributed by atoms with Gasteiger partial charge in [-0.25, -0.2) is 4.79 Å². The summed E-state index contributed by atoms with van der Waals surface area (Å²) >= 11 is 0. The van der Waals surface area contributed by atoms with Crippen molar-refractivity contribution in [2.75, 3.05) is 0 Å². The van der Waals surface area contributed by atoms with E-state index in [2.05, 4.69) is 0 Å². The molecule has 0 unspecified atom stereocenters. The van der Waals surface area contributed by atoms with E-state index >= 15 is 0 Å². The molecule has 0 aliphatic heterocycles. The second-order valence-corrected chi connectivity index (χ2v) is 0.654. The molecule has 0 aromatic heterocycles. The number of hydrogen-bond donors (Lipinski definition) is 2. The van der Waals surface area contributed by atoms with Gasteiger partial charge in [0.25, 0.3) is 0 Å². The number of aliphatic carboxylic acids is 1. The van der Waals surface area contributed by atoms with Gasteiger partial charge in [-0.05, 0) is 0 Å². The summed E-state index contributed by atoms with van der Waals surface area (Å²) in [6, 6.07) is 0. The van der Waals surface area contributed by atoms with Crippen LogP contribution in [-0.4, -0.2) is 35.0 Å². The molecule has 4 heteroatoms. The Morgan fingerprint density at radius 1 is 1.57 bits per heavy atom. The number of hydrogen-bond acceptors (Lipinski definition) is 2. The van der Waals surface area contributed by atoms with Crippen molar-refractivity contribution in [3.63, 3.8) is 0 Å². The van der Waals surface area contributed by atoms with Crippen molar-refractivity contribution in [1.29, 1.82) is 0 Å². The monoisotopic (exact) mass is 96.0 g/mol. The summed E-state index contributed by atoms with van der Waals surface area (Å²) in [5, 5.41) is 15.3. The van der Waals surface area contributed by atoms with E-state index in [4.69, 9.17) is 10.2 Å². The van der Waals surface area contributed by atoms with E-state index < -0.39 is 5.97 Å². The van der Waals surface area contributed by atoms with E-state index in [0.717, 1.165) is 0 Å². The molecule has 0 spiro atoms. The van der Waals surface area contributed by atoms with Crippen LogP contribution >= 0.6 is 0 Å². The summed E-state index contributed by atoms with van der Waals surface area (Å²) < 4.78 is 0. The van der Waals surface area contributed by atoms with E-state index in [1.807, 2.05) is 0 Å². The summed E-state index contributed by atoms with van der Waals surface area (Å²) in [6.45, 7) is 0. The van der Waals surface area contributed by atoms with Gasteiger partial charge in [-0.3, -0.25) is 0 Å². The average Bonchev–Trinajstić information content (AvgIpc) is 1.35. The molecule has 0 aliphatic rings. The van der Waals surface area contributed by atoms with Gasteiger partial charge in [0.1, 0.15) is 0 Å². The SMILES string of the molecule is O=C(O)C=CO.[LiH]. The van der Waals surface area contributed by atoms with Gasteiger partial charge < -0.3 is 10.2 Å². The molecule has 0 bridgehead atoms. The summed E-state index contributed by atoms with van der Waals surface area (Å²) in [7, 11) is 0. The number of carbonyl (C=O) groups is 1. The van der Waals surface area contributed by atoms with Crippen LogP contribution in [0.2, 0.25) is 0 Å². The predicted molar refractivity (Wildman–Crippen MR) is 26.6 cm³/mol. The van der Waals surface area contributed by atoms with Crippen LogP contribution in [0, 0.1) is 0 Å². The van der Waals surface area contributed by atoms with Gasteiger partial charge in [-0.2, -0.15) is 0 Å². The van der Waals surface area contributed by atoms with Crippen LogP contribution in [0.4, 0.5) is 0 Å². The molecule has 0 aliphatic carbocycles. The average molecular weight is 96.0 g/mol. The predicted octanol–water partition coefficient (Wildman–Crippen LogP) is -0.506. The van der Waals surface area contributed by atoms with Gasteiger partial charge in [0.15, 0.2) is 0 Å². The van der Waals surface area contributed by atoms with Crippen LogP contribution in [0.3, 0.4) is 0 Å². The maximum absolute atomic E-state index is 9.35. The number of aliphatic hydroxyl groups excluding tert-OH is 1. The molecule has 0 rings (SSSR count). The van der Waals surface area contributed by atoms with Crippen LogP contribution in [0.15, 0.2) is 12.3 Å². The van der Waals surface area contributed by atoms with Crippen molar-refractivity contribution in [3.05, 3.63) is 12.3 Å². The molecule has 7 heavy (non-hydrogen) atoms. The van der Waals surface area contributed by atoms with Crippen LogP contribution < -0.4 is 0 Å². The minimum atomic E-state index is -1.14. The Morgan fingerprint density at radius 2 is 2.00 bits per heavy atom. The van der Waals surface area contributed by atoms with Crippen LogP contribution in [0.1, 0.15) is 0 Å². The Kier molecular flexibility index (Phi) is 7.84. The molecular weight excluding hydrogens is 91.0 g/mol. The van der Waals surface area contributed by atoms with Gasteiger partial charge in [0, 0.05) is 0 Å². The molecule has 0 atom stereocenters. The normalized spacial score (nSPS) is 8.00. The number of aliphatic hydroxyl groups is 1. The van der Waals surface area contributed by atoms with Gasteiger partial charge in [-0.15, -0.1) is 0 Å². The van der Waals surface area contributed by atoms with E-state index in [0.29, 0.717) is 12.3 Å². The Balaban J connectivity index is 0. The summed E-state index contributed by atoms with van der Waals surface area (Å²) in [6.07, 6.45) is 1.11. The maximum atomic E-state index is 9.35. The van der Waals surface area contributed by atoms with E-state index in [1.54, 1.807) is 0 Å². The Labute approximate surface area is 52.8 Å². The topological polar surface area (TPSA) is 57.5 Å². The van der Waals surface area contributed by atoms with Crippen LogP contribution in [0.25, 0.3) is 0 Å². The van der Waals surface area contributed by atoms with Crippen molar-refractivity contribution in [2.45, 2.75) is 0 Å². The molecule has 0 amide bonds. The molecule has 0 aromatic rings. The number of carboxylic acid groups (broad SMARTS) is 1. The first-order valence-corrected chi connectivity index (χ1v) is 1.31. The van der Waals surface area contributed by atoms with Gasteiger partial charge in [0.2, 0.25) is 0 Å². The molecule has 0 fully saturated rings. The Bertz CT molecular complexity index is 78.2. The van der Waals surface area contributed by atoms with Crippen molar-refractivity contribution >= 4 is 24.8 Å². The van der Waals surface area contributed by atoms with E-state index in [9.17, 15) is 4.79 Å². The van der Waals surface area contributed by atoms with Crippen LogP contribution in [0.5, 0.6) is 0 Å². The zero-order chi connectivity index (χ0) is 4.99. The molecule has 0 heterocycles. The summed E-state index contributed by atoms with van der Waals surface area (Å²) in [5.41, 5.74) is 0. The zero-order valence-electron chi connectivity index (χ0n) is 2.96. The first kappa shape index (κ1) is 9.79. The third kappa shape index (κ3) is 10.7. The van der Waals surface area contributed by atoms with Crippen molar-refractivity contribution in [1.82, 2.24) is 0 Å². The van der Waals surface area contributed by atoms with E-state index in [1.165, 1.54) is 0 Å². The molecule has 3 nitrogen and oxygen atoms in total. The van der Waals surface area contributed by atoms with Crippen molar-refractivity contribution < 1.29 is 15.0 Å². The second kappa shape index (κ2) is 5.61. The molecule has 0 saturated heterocycles. The second-order valence-electron chi connectivity index (χ2n) is 0.654. The minimum absolute atomic E-state index is 0. The first-order chi connectivity index (χ1) is 2.77. The standard InChI is InChI=1S/C3H4O3.Li.H/c4-2-1-3(5)6;;/h1-2,4H,(H,5,6);;. The molecular formula is C3H5LiO3. The molecule has 36 valence electrons. The Hall–Kier alpha value is -0.393. The fourth-order valence-corrected chi connectivity index (χ4v) is 0.0638. The van der Waals surface area contributed by atoms with Gasteiger partial charge in [0.05, 0.1) is 12.3 Å². The Morgan fingerprint density at radius 3 is 2.00 bits per heavy atom. The third-order valence-corrected chi connectivity index (χ3v) is 0.217. The summed E-state index contributed by atoms with van der Waals surface area (Å²) in [4.78, 5) is 9.35. The first-order valence-electron chi connectivity index (χ1n) is 1.31. The summed E-state index contributed by atoms with van der Waals surface area (Å²) in [5.74, 6) is -1.14. The molecule has 0 radical (unpaired) electrons.